The first-order valence-corrected chi connectivity index (χ1v) is 8.62. The van der Waals surface area contributed by atoms with Gasteiger partial charge in [-0.05, 0) is 47.7 Å². The van der Waals surface area contributed by atoms with Gasteiger partial charge in [-0.25, -0.2) is 4.90 Å². The monoisotopic (exact) mass is 373 g/mol. The first-order chi connectivity index (χ1) is 11.5. The molecule has 0 aliphatic carbocycles. The van der Waals surface area contributed by atoms with Crippen molar-refractivity contribution >= 4 is 52.6 Å². The first kappa shape index (κ1) is 18.3. The SMILES string of the molecule is CN(C)C(=S)N(C(=O)S)c1ccc(SC#N)cc1-c1ccccc1. The smallest absolute Gasteiger partial charge is 0.289 e. The molecule has 0 atom stereocenters. The van der Waals surface area contributed by atoms with Crippen LogP contribution in [0.5, 0.6) is 0 Å². The second kappa shape index (κ2) is 8.20. The third-order valence-electron chi connectivity index (χ3n) is 3.22. The number of amides is 1. The van der Waals surface area contributed by atoms with E-state index in [-0.39, 0.29) is 0 Å². The van der Waals surface area contributed by atoms with Crippen LogP contribution in [0.2, 0.25) is 0 Å². The van der Waals surface area contributed by atoms with Crippen LogP contribution >= 0.6 is 36.6 Å². The molecule has 4 nitrogen and oxygen atoms in total. The number of thiocyanates is 1. The second-order valence-corrected chi connectivity index (χ2v) is 6.64. The lowest BCUT2D eigenvalue weighted by Crippen LogP contribution is -2.41. The average Bonchev–Trinajstić information content (AvgIpc) is 2.56. The Morgan fingerprint density at radius 3 is 2.42 bits per heavy atom. The van der Waals surface area contributed by atoms with Crippen LogP contribution in [0.15, 0.2) is 53.4 Å². The lowest BCUT2D eigenvalue weighted by atomic mass is 10.0. The summed E-state index contributed by atoms with van der Waals surface area (Å²) in [6.45, 7) is 0. The number of benzene rings is 2. The molecule has 0 radical (unpaired) electrons. The van der Waals surface area contributed by atoms with Crippen molar-refractivity contribution in [2.75, 3.05) is 19.0 Å². The number of nitriles is 1. The molecule has 0 unspecified atom stereocenters. The lowest BCUT2D eigenvalue weighted by Gasteiger charge is -2.28. The van der Waals surface area contributed by atoms with Gasteiger partial charge in [0.25, 0.3) is 5.24 Å². The molecule has 2 aromatic carbocycles. The molecule has 2 rings (SSSR count). The summed E-state index contributed by atoms with van der Waals surface area (Å²) in [7, 11) is 3.54. The maximum Gasteiger partial charge on any atom is 0.289 e. The quantitative estimate of drug-likeness (QED) is 0.368. The number of hydrogen-bond donors (Lipinski definition) is 1. The fraction of sp³-hybridized carbons (Fsp3) is 0.118. The van der Waals surface area contributed by atoms with Crippen LogP contribution in [0.25, 0.3) is 11.1 Å². The number of hydrogen-bond acceptors (Lipinski definition) is 4. The van der Waals surface area contributed by atoms with Gasteiger partial charge in [0.15, 0.2) is 5.11 Å². The summed E-state index contributed by atoms with van der Waals surface area (Å²) >= 11 is 10.4. The van der Waals surface area contributed by atoms with Gasteiger partial charge in [-0.3, -0.25) is 4.79 Å². The highest BCUT2D eigenvalue weighted by Crippen LogP contribution is 2.35. The van der Waals surface area contributed by atoms with E-state index in [9.17, 15) is 4.79 Å². The number of anilines is 1. The lowest BCUT2D eigenvalue weighted by molar-refractivity contribution is 0.267. The van der Waals surface area contributed by atoms with E-state index < -0.39 is 5.24 Å². The zero-order valence-corrected chi connectivity index (χ0v) is 15.7. The predicted molar refractivity (Wildman–Crippen MR) is 106 cm³/mol. The zero-order chi connectivity index (χ0) is 17.7. The number of carbonyl (C=O) groups is 1. The summed E-state index contributed by atoms with van der Waals surface area (Å²) in [5.74, 6) is 0. The first-order valence-electron chi connectivity index (χ1n) is 6.95. The van der Waals surface area contributed by atoms with E-state index in [0.717, 1.165) is 27.8 Å². The van der Waals surface area contributed by atoms with E-state index in [1.54, 1.807) is 31.1 Å². The van der Waals surface area contributed by atoms with Crippen molar-refractivity contribution in [1.29, 1.82) is 5.26 Å². The molecule has 0 aromatic heterocycles. The van der Waals surface area contributed by atoms with Crippen molar-refractivity contribution in [3.05, 3.63) is 48.5 Å². The van der Waals surface area contributed by atoms with Gasteiger partial charge in [-0.2, -0.15) is 5.26 Å². The average molecular weight is 374 g/mol. The molecule has 1 amide bonds. The Morgan fingerprint density at radius 2 is 1.88 bits per heavy atom. The van der Waals surface area contributed by atoms with E-state index in [1.165, 1.54) is 4.90 Å². The van der Waals surface area contributed by atoms with Crippen LogP contribution < -0.4 is 4.90 Å². The van der Waals surface area contributed by atoms with Gasteiger partial charge in [-0.15, -0.1) is 0 Å². The van der Waals surface area contributed by atoms with E-state index in [0.29, 0.717) is 10.8 Å². The van der Waals surface area contributed by atoms with Crippen molar-refractivity contribution in [2.45, 2.75) is 4.90 Å². The molecule has 0 N–H and O–H groups in total. The van der Waals surface area contributed by atoms with Crippen molar-refractivity contribution in [3.8, 4) is 16.5 Å². The van der Waals surface area contributed by atoms with E-state index >= 15 is 0 Å². The highest BCUT2D eigenvalue weighted by atomic mass is 32.2. The summed E-state index contributed by atoms with van der Waals surface area (Å²) in [6, 6.07) is 15.1. The predicted octanol–water partition coefficient (Wildman–Crippen LogP) is 4.63. The van der Waals surface area contributed by atoms with Gasteiger partial charge >= 0.3 is 0 Å². The molecule has 0 bridgehead atoms. The van der Waals surface area contributed by atoms with Crippen LogP contribution in [0, 0.1) is 10.7 Å². The topological polar surface area (TPSA) is 47.3 Å². The highest BCUT2D eigenvalue weighted by molar-refractivity contribution is 8.03. The standard InChI is InChI=1S/C17H15N3OS3/c1-19(2)16(22)20(17(21)23)15-9-8-13(24-11-18)10-14(15)12-6-4-3-5-7-12/h3-10H,1-2H3,(H,21,23). The minimum atomic E-state index is -0.466. The number of nitrogens with zero attached hydrogens (tertiary/aromatic N) is 3. The van der Waals surface area contributed by atoms with Crippen LogP contribution in [-0.4, -0.2) is 29.3 Å². The molecule has 0 aliphatic rings. The summed E-state index contributed by atoms with van der Waals surface area (Å²) in [5.41, 5.74) is 2.36. The largest absolute Gasteiger partial charge is 0.355 e. The molecule has 0 saturated carbocycles. The fourth-order valence-corrected chi connectivity index (χ4v) is 3.03. The van der Waals surface area contributed by atoms with Crippen LogP contribution in [-0.2, 0) is 0 Å². The molecule has 24 heavy (non-hydrogen) atoms. The summed E-state index contributed by atoms with van der Waals surface area (Å²) in [5, 5.41) is 10.9. The molecule has 2 aromatic rings. The highest BCUT2D eigenvalue weighted by Gasteiger charge is 2.23. The zero-order valence-electron chi connectivity index (χ0n) is 13.1. The van der Waals surface area contributed by atoms with Gasteiger partial charge in [0.05, 0.1) is 5.69 Å². The van der Waals surface area contributed by atoms with E-state index in [4.69, 9.17) is 17.5 Å². The Balaban J connectivity index is 2.66. The Hall–Kier alpha value is -2.01. The maximum absolute atomic E-state index is 12.1. The minimum absolute atomic E-state index is 0.341. The summed E-state index contributed by atoms with van der Waals surface area (Å²) in [6.07, 6.45) is 0. The number of thiocarbonyl (C=S) groups is 1. The molecule has 0 aliphatic heterocycles. The van der Waals surface area contributed by atoms with Gasteiger partial charge in [0, 0.05) is 24.6 Å². The number of thioether (sulfide) groups is 1. The second-order valence-electron chi connectivity index (χ2n) is 5.03. The van der Waals surface area contributed by atoms with Gasteiger partial charge in [0.2, 0.25) is 0 Å². The Labute approximate surface area is 156 Å². The molecule has 0 heterocycles. The third kappa shape index (κ3) is 4.09. The normalized spacial score (nSPS) is 9.92. The van der Waals surface area contributed by atoms with Crippen molar-refractivity contribution in [1.82, 2.24) is 4.90 Å². The van der Waals surface area contributed by atoms with Crippen molar-refractivity contribution in [3.63, 3.8) is 0 Å². The van der Waals surface area contributed by atoms with Crippen LogP contribution in [0.1, 0.15) is 0 Å². The molecule has 122 valence electrons. The molecule has 0 saturated heterocycles. The van der Waals surface area contributed by atoms with Crippen LogP contribution in [0.3, 0.4) is 0 Å². The Kier molecular flexibility index (Phi) is 6.26. The molecular weight excluding hydrogens is 358 g/mol. The maximum atomic E-state index is 12.1. The fourth-order valence-electron chi connectivity index (χ4n) is 2.16. The van der Waals surface area contributed by atoms with Crippen molar-refractivity contribution in [2.24, 2.45) is 0 Å². The van der Waals surface area contributed by atoms with Crippen LogP contribution in [0.4, 0.5) is 10.5 Å². The molecule has 0 fully saturated rings. The van der Waals surface area contributed by atoms with Gasteiger partial charge in [-0.1, -0.05) is 43.0 Å². The van der Waals surface area contributed by atoms with Crippen molar-refractivity contribution < 1.29 is 4.79 Å². The Bertz CT molecular complexity index is 800. The number of rotatable bonds is 3. The third-order valence-corrected chi connectivity index (χ3v) is 4.55. The number of carbonyl (C=O) groups excluding carboxylic acids is 1. The molecule has 0 spiro atoms. The summed E-state index contributed by atoms with van der Waals surface area (Å²) < 4.78 is 0. The molecule has 7 heteroatoms. The minimum Gasteiger partial charge on any atom is -0.355 e. The Morgan fingerprint density at radius 1 is 1.21 bits per heavy atom. The van der Waals surface area contributed by atoms with E-state index in [1.807, 2.05) is 36.4 Å². The van der Waals surface area contributed by atoms with Gasteiger partial charge < -0.3 is 4.90 Å². The number of thiol groups is 1. The van der Waals surface area contributed by atoms with E-state index in [2.05, 4.69) is 18.0 Å². The summed E-state index contributed by atoms with van der Waals surface area (Å²) in [4.78, 5) is 16.0. The molecular formula is C17H15N3OS3. The van der Waals surface area contributed by atoms with Gasteiger partial charge in [0.1, 0.15) is 5.40 Å².